The molecule has 0 aliphatic heterocycles. The maximum Gasteiger partial charge on any atom is 0.0448 e. The van der Waals surface area contributed by atoms with Gasteiger partial charge >= 0.3 is 0 Å². The highest BCUT2D eigenvalue weighted by atomic mass is 16.3. The van der Waals surface area contributed by atoms with Crippen LogP contribution in [0.15, 0.2) is 0 Å². The van der Waals surface area contributed by atoms with Gasteiger partial charge in [0.25, 0.3) is 0 Å². The number of hydrogen-bond donors (Lipinski definition) is 3. The van der Waals surface area contributed by atoms with Gasteiger partial charge in [-0.3, -0.25) is 0 Å². The van der Waals surface area contributed by atoms with Gasteiger partial charge in [0.2, 0.25) is 0 Å². The van der Waals surface area contributed by atoms with E-state index in [1.165, 1.54) is 103 Å². The lowest BCUT2D eigenvalue weighted by Gasteiger charge is -2.28. The van der Waals surface area contributed by atoms with Crippen LogP contribution in [0.5, 0.6) is 0 Å². The summed E-state index contributed by atoms with van der Waals surface area (Å²) in [6.45, 7) is 3.08. The topological polar surface area (TPSA) is 72.3 Å². The molecule has 0 aromatic heterocycles. The van der Waals surface area contributed by atoms with Crippen molar-refractivity contribution in [3.63, 3.8) is 0 Å². The second kappa shape index (κ2) is 19.6. The molecule has 0 spiro atoms. The second-order valence-corrected chi connectivity index (χ2v) is 8.43. The van der Waals surface area contributed by atoms with Gasteiger partial charge in [0, 0.05) is 12.1 Å². The fourth-order valence-corrected chi connectivity index (χ4v) is 3.91. The Labute approximate surface area is 164 Å². The van der Waals surface area contributed by atoms with Crippen LogP contribution in [0.3, 0.4) is 0 Å². The van der Waals surface area contributed by atoms with E-state index in [1.54, 1.807) is 0 Å². The number of hydrogen-bond acceptors (Lipinski definition) is 3. The summed E-state index contributed by atoms with van der Waals surface area (Å²) >= 11 is 0. The van der Waals surface area contributed by atoms with Crippen LogP contribution in [-0.2, 0) is 0 Å². The van der Waals surface area contributed by atoms with E-state index in [1.807, 2.05) is 0 Å². The van der Waals surface area contributed by atoms with Gasteiger partial charge in [0.15, 0.2) is 0 Å². The van der Waals surface area contributed by atoms with Crippen molar-refractivity contribution in [3.05, 3.63) is 0 Å². The molecule has 0 aliphatic rings. The fourth-order valence-electron chi connectivity index (χ4n) is 3.91. The third-order valence-corrected chi connectivity index (χ3v) is 5.78. The average Bonchev–Trinajstić information content (AvgIpc) is 2.62. The predicted octanol–water partition coefficient (Wildman–Crippen LogP) is 6.07. The molecule has 26 heavy (non-hydrogen) atoms. The van der Waals surface area contributed by atoms with Crippen LogP contribution in [0.25, 0.3) is 0 Å². The molecule has 3 nitrogen and oxygen atoms in total. The maximum absolute atomic E-state index is 9.14. The summed E-state index contributed by atoms with van der Waals surface area (Å²) < 4.78 is 0. The van der Waals surface area contributed by atoms with Crippen molar-refractivity contribution >= 4 is 0 Å². The van der Waals surface area contributed by atoms with Crippen molar-refractivity contribution in [2.75, 3.05) is 13.2 Å². The molecule has 0 fully saturated rings. The molecule has 0 aromatic carbocycles. The number of rotatable bonds is 21. The first kappa shape index (κ1) is 25.9. The lowest BCUT2D eigenvalue weighted by atomic mass is 9.86. The Bertz CT molecular complexity index is 265. The van der Waals surface area contributed by atoms with E-state index in [4.69, 9.17) is 16.6 Å². The van der Waals surface area contributed by atoms with Crippen molar-refractivity contribution in [3.8, 4) is 0 Å². The Hall–Kier alpha value is -0.120. The van der Waals surface area contributed by atoms with E-state index < -0.39 is 0 Å². The number of unbranched alkanes of at least 4 members (excludes halogenated alkanes) is 15. The molecule has 3 heteroatoms. The number of aliphatic hydroxyl groups excluding tert-OH is 1. The molecule has 0 heterocycles. The maximum atomic E-state index is 9.14. The highest BCUT2D eigenvalue weighted by Crippen LogP contribution is 2.20. The van der Waals surface area contributed by atoms with Crippen molar-refractivity contribution in [1.82, 2.24) is 0 Å². The summed E-state index contributed by atoms with van der Waals surface area (Å²) in [6.07, 6.45) is 24.8. The van der Waals surface area contributed by atoms with Crippen molar-refractivity contribution in [2.45, 2.75) is 134 Å². The average molecular weight is 371 g/mol. The van der Waals surface area contributed by atoms with Gasteiger partial charge in [-0.05, 0) is 25.8 Å². The smallest absolute Gasteiger partial charge is 0.0448 e. The Balaban J connectivity index is 3.26. The number of aliphatic hydroxyl groups is 1. The molecule has 0 aromatic rings. The van der Waals surface area contributed by atoms with Crippen LogP contribution in [0.1, 0.15) is 129 Å². The summed E-state index contributed by atoms with van der Waals surface area (Å²) in [5, 5.41) is 9.14. The molecule has 1 unspecified atom stereocenters. The third-order valence-electron chi connectivity index (χ3n) is 5.78. The third kappa shape index (κ3) is 17.3. The fraction of sp³-hybridized carbons (Fsp3) is 1.00. The number of nitrogens with two attached hydrogens (primary N) is 2. The molecule has 0 aliphatic carbocycles. The Morgan fingerprint density at radius 3 is 1.31 bits per heavy atom. The van der Waals surface area contributed by atoms with Gasteiger partial charge in [-0.2, -0.15) is 0 Å². The van der Waals surface area contributed by atoms with Crippen LogP contribution in [0, 0.1) is 0 Å². The molecule has 0 saturated heterocycles. The van der Waals surface area contributed by atoms with Crippen molar-refractivity contribution in [1.29, 1.82) is 0 Å². The molecule has 5 N–H and O–H groups in total. The van der Waals surface area contributed by atoms with E-state index in [0.717, 1.165) is 12.8 Å². The van der Waals surface area contributed by atoms with Crippen LogP contribution in [-0.4, -0.2) is 23.8 Å². The lowest BCUT2D eigenvalue weighted by Crippen LogP contribution is -2.42. The second-order valence-electron chi connectivity index (χ2n) is 8.43. The Morgan fingerprint density at radius 1 is 0.577 bits per heavy atom. The SMILES string of the molecule is CCCCCCCCCCCCCCCCCCC(N)(CCN)CCO. The zero-order chi connectivity index (χ0) is 19.3. The summed E-state index contributed by atoms with van der Waals surface area (Å²) in [7, 11) is 0. The van der Waals surface area contributed by atoms with E-state index in [0.29, 0.717) is 13.0 Å². The Morgan fingerprint density at radius 2 is 0.962 bits per heavy atom. The van der Waals surface area contributed by atoms with Gasteiger partial charge in [-0.15, -0.1) is 0 Å². The van der Waals surface area contributed by atoms with Crippen molar-refractivity contribution in [2.24, 2.45) is 11.5 Å². The highest BCUT2D eigenvalue weighted by molar-refractivity contribution is 4.83. The largest absolute Gasteiger partial charge is 0.396 e. The van der Waals surface area contributed by atoms with Gasteiger partial charge in [0.05, 0.1) is 0 Å². The lowest BCUT2D eigenvalue weighted by molar-refractivity contribution is 0.221. The van der Waals surface area contributed by atoms with Crippen LogP contribution in [0.4, 0.5) is 0 Å². The molecular weight excluding hydrogens is 320 g/mol. The molecule has 0 radical (unpaired) electrons. The van der Waals surface area contributed by atoms with Gasteiger partial charge in [0.1, 0.15) is 0 Å². The van der Waals surface area contributed by atoms with Crippen LogP contribution >= 0.6 is 0 Å². The zero-order valence-corrected chi connectivity index (χ0v) is 18.0. The summed E-state index contributed by atoms with van der Waals surface area (Å²) in [5.74, 6) is 0. The van der Waals surface area contributed by atoms with Crippen molar-refractivity contribution < 1.29 is 5.11 Å². The molecule has 0 bridgehead atoms. The summed E-state index contributed by atoms with van der Waals surface area (Å²) in [6, 6.07) is 0. The Kier molecular flexibility index (Phi) is 19.5. The standard InChI is InChI=1S/C23H50N2O/c1-2-3-4-5-6-7-8-9-10-11-12-13-14-15-16-17-18-23(25,19-21-24)20-22-26/h26H,2-22,24-25H2,1H3. The molecule has 1 atom stereocenters. The normalized spacial score (nSPS) is 13.8. The first-order valence-corrected chi connectivity index (χ1v) is 11.8. The first-order valence-electron chi connectivity index (χ1n) is 11.8. The van der Waals surface area contributed by atoms with E-state index in [9.17, 15) is 0 Å². The molecule has 0 rings (SSSR count). The molecule has 0 amide bonds. The van der Waals surface area contributed by atoms with Gasteiger partial charge < -0.3 is 16.6 Å². The quantitative estimate of drug-likeness (QED) is 0.215. The molecular formula is C23H50N2O. The molecule has 0 saturated carbocycles. The van der Waals surface area contributed by atoms with E-state index in [2.05, 4.69) is 6.92 Å². The van der Waals surface area contributed by atoms with E-state index >= 15 is 0 Å². The minimum Gasteiger partial charge on any atom is -0.396 e. The van der Waals surface area contributed by atoms with Gasteiger partial charge in [-0.25, -0.2) is 0 Å². The minimum atomic E-state index is -0.237. The van der Waals surface area contributed by atoms with Crippen LogP contribution in [0.2, 0.25) is 0 Å². The minimum absolute atomic E-state index is 0.176. The van der Waals surface area contributed by atoms with E-state index in [-0.39, 0.29) is 12.1 Å². The zero-order valence-electron chi connectivity index (χ0n) is 18.0. The molecule has 158 valence electrons. The summed E-state index contributed by atoms with van der Waals surface area (Å²) in [4.78, 5) is 0. The first-order chi connectivity index (χ1) is 12.7. The predicted molar refractivity (Wildman–Crippen MR) is 116 cm³/mol. The highest BCUT2D eigenvalue weighted by Gasteiger charge is 2.22. The van der Waals surface area contributed by atoms with Gasteiger partial charge in [-0.1, -0.05) is 110 Å². The summed E-state index contributed by atoms with van der Waals surface area (Å²) in [5.41, 5.74) is 11.7. The monoisotopic (exact) mass is 370 g/mol. The van der Waals surface area contributed by atoms with Crippen LogP contribution < -0.4 is 11.5 Å².